The summed E-state index contributed by atoms with van der Waals surface area (Å²) in [5, 5.41) is 10.8. The summed E-state index contributed by atoms with van der Waals surface area (Å²) in [6, 6.07) is 1.72. The number of fused-ring (bicyclic) bond motifs is 1. The molecule has 134 valence electrons. The molecule has 0 amide bonds. The Morgan fingerprint density at radius 3 is 2.96 bits per heavy atom. The molecule has 3 rings (SSSR count). The van der Waals surface area contributed by atoms with Gasteiger partial charge in [0.15, 0.2) is 0 Å². The maximum absolute atomic E-state index is 12.7. The van der Waals surface area contributed by atoms with E-state index in [2.05, 4.69) is 9.97 Å². The predicted octanol–water partition coefficient (Wildman–Crippen LogP) is 2.83. The number of pyridine rings is 1. The molecule has 0 radical (unpaired) electrons. The normalized spacial score (nSPS) is 19.8. The summed E-state index contributed by atoms with van der Waals surface area (Å²) in [6.45, 7) is 2.01. The molecule has 11 heteroatoms. The van der Waals surface area contributed by atoms with E-state index in [4.69, 9.17) is 9.47 Å². The van der Waals surface area contributed by atoms with Crippen molar-refractivity contribution in [2.75, 3.05) is 6.61 Å². The summed E-state index contributed by atoms with van der Waals surface area (Å²) in [5.41, 5.74) is -1.76. The maximum atomic E-state index is 12.7. The van der Waals surface area contributed by atoms with Gasteiger partial charge in [-0.2, -0.15) is 13.2 Å². The van der Waals surface area contributed by atoms with Crippen LogP contribution in [0.15, 0.2) is 24.5 Å². The Labute approximate surface area is 139 Å². The van der Waals surface area contributed by atoms with Crippen LogP contribution in [0.3, 0.4) is 0 Å². The fourth-order valence-electron chi connectivity index (χ4n) is 2.34. The molecule has 0 spiro atoms. The Bertz CT molecular complexity index is 808. The van der Waals surface area contributed by atoms with Crippen molar-refractivity contribution >= 4 is 5.82 Å². The van der Waals surface area contributed by atoms with E-state index in [1.54, 1.807) is 6.92 Å². The first-order chi connectivity index (χ1) is 11.7. The standard InChI is InChI=1S/C14H13F3N4O4/c1-13(3-5-20-7-10(21(22)23)19-12(20)25-13)8-24-11-6-9(2-4-18-11)14(15,16)17/h2,4,6-7H,3,5,8H2,1H3. The van der Waals surface area contributed by atoms with Crippen LogP contribution in [0.5, 0.6) is 11.9 Å². The molecule has 0 bridgehead atoms. The van der Waals surface area contributed by atoms with Crippen molar-refractivity contribution in [3.8, 4) is 11.9 Å². The van der Waals surface area contributed by atoms with Crippen molar-refractivity contribution in [2.24, 2.45) is 0 Å². The van der Waals surface area contributed by atoms with Gasteiger partial charge in [0.2, 0.25) is 5.88 Å². The molecule has 0 fully saturated rings. The van der Waals surface area contributed by atoms with Crippen LogP contribution < -0.4 is 9.47 Å². The fourth-order valence-corrected chi connectivity index (χ4v) is 2.34. The summed E-state index contributed by atoms with van der Waals surface area (Å²) in [6.07, 6.45) is -1.77. The highest BCUT2D eigenvalue weighted by Gasteiger charge is 2.38. The molecule has 2 aromatic heterocycles. The molecule has 0 aliphatic carbocycles. The summed E-state index contributed by atoms with van der Waals surface area (Å²) >= 11 is 0. The van der Waals surface area contributed by atoms with Crippen molar-refractivity contribution in [1.82, 2.24) is 14.5 Å². The van der Waals surface area contributed by atoms with Gasteiger partial charge in [-0.1, -0.05) is 0 Å². The molecule has 1 atom stereocenters. The quantitative estimate of drug-likeness (QED) is 0.616. The lowest BCUT2D eigenvalue weighted by Gasteiger charge is -2.32. The van der Waals surface area contributed by atoms with E-state index in [0.29, 0.717) is 13.0 Å². The van der Waals surface area contributed by atoms with Crippen molar-refractivity contribution in [3.05, 3.63) is 40.2 Å². The third kappa shape index (κ3) is 3.64. The Kier molecular flexibility index (Phi) is 4.01. The lowest BCUT2D eigenvalue weighted by Crippen LogP contribution is -2.43. The number of nitrogens with zero attached hydrogens (tertiary/aromatic N) is 4. The van der Waals surface area contributed by atoms with Crippen LogP contribution in [-0.4, -0.2) is 31.7 Å². The lowest BCUT2D eigenvalue weighted by atomic mass is 10.0. The van der Waals surface area contributed by atoms with E-state index < -0.39 is 22.3 Å². The van der Waals surface area contributed by atoms with E-state index in [-0.39, 0.29) is 24.3 Å². The van der Waals surface area contributed by atoms with Crippen LogP contribution in [0.25, 0.3) is 0 Å². The van der Waals surface area contributed by atoms with Crippen LogP contribution >= 0.6 is 0 Å². The number of alkyl halides is 3. The minimum atomic E-state index is -4.49. The number of aryl methyl sites for hydroxylation is 1. The van der Waals surface area contributed by atoms with Gasteiger partial charge >= 0.3 is 18.0 Å². The van der Waals surface area contributed by atoms with Gasteiger partial charge in [-0.3, -0.25) is 4.57 Å². The molecule has 0 N–H and O–H groups in total. The summed E-state index contributed by atoms with van der Waals surface area (Å²) in [5.74, 6) is -0.515. The van der Waals surface area contributed by atoms with Crippen LogP contribution in [0.4, 0.5) is 19.0 Å². The molecule has 0 saturated carbocycles. The van der Waals surface area contributed by atoms with Crippen molar-refractivity contribution in [1.29, 1.82) is 0 Å². The average Bonchev–Trinajstić information content (AvgIpc) is 2.96. The third-order valence-corrected chi connectivity index (χ3v) is 3.72. The largest absolute Gasteiger partial charge is 0.473 e. The van der Waals surface area contributed by atoms with E-state index in [1.165, 1.54) is 10.8 Å². The van der Waals surface area contributed by atoms with Crippen LogP contribution in [0.1, 0.15) is 18.9 Å². The molecule has 1 aliphatic heterocycles. The maximum Gasteiger partial charge on any atom is 0.416 e. The van der Waals surface area contributed by atoms with Gasteiger partial charge in [0.1, 0.15) is 18.4 Å². The number of hydrogen-bond acceptors (Lipinski definition) is 6. The second-order valence-corrected chi connectivity index (χ2v) is 5.80. The Hall–Kier alpha value is -2.85. The molecule has 25 heavy (non-hydrogen) atoms. The smallest absolute Gasteiger partial charge is 0.416 e. The minimum absolute atomic E-state index is 0.0704. The van der Waals surface area contributed by atoms with Crippen molar-refractivity contribution in [3.63, 3.8) is 0 Å². The number of aromatic nitrogens is 3. The first kappa shape index (κ1) is 17.0. The van der Waals surface area contributed by atoms with E-state index in [1.807, 2.05) is 0 Å². The number of ether oxygens (including phenoxy) is 2. The monoisotopic (exact) mass is 358 g/mol. The molecule has 3 heterocycles. The summed E-state index contributed by atoms with van der Waals surface area (Å²) < 4.78 is 50.6. The van der Waals surface area contributed by atoms with E-state index in [9.17, 15) is 23.3 Å². The van der Waals surface area contributed by atoms with Crippen molar-refractivity contribution in [2.45, 2.75) is 31.7 Å². The SMILES string of the molecule is CC1(COc2cc(C(F)(F)F)ccn2)CCn2cc([N+](=O)[O-])nc2O1. The second kappa shape index (κ2) is 5.90. The highest BCUT2D eigenvalue weighted by atomic mass is 19.4. The number of rotatable bonds is 4. The predicted molar refractivity (Wildman–Crippen MR) is 77.3 cm³/mol. The topological polar surface area (TPSA) is 92.3 Å². The Morgan fingerprint density at radius 2 is 2.28 bits per heavy atom. The van der Waals surface area contributed by atoms with Crippen LogP contribution in [-0.2, 0) is 12.7 Å². The molecule has 8 nitrogen and oxygen atoms in total. The number of nitro groups is 1. The number of hydrogen-bond donors (Lipinski definition) is 0. The van der Waals surface area contributed by atoms with Gasteiger partial charge in [0, 0.05) is 30.2 Å². The molecule has 1 unspecified atom stereocenters. The zero-order valence-corrected chi connectivity index (χ0v) is 13.0. The number of imidazole rings is 1. The van der Waals surface area contributed by atoms with Gasteiger partial charge in [-0.05, 0) is 17.9 Å². The Morgan fingerprint density at radius 1 is 1.52 bits per heavy atom. The van der Waals surface area contributed by atoms with Gasteiger partial charge in [-0.15, -0.1) is 0 Å². The fraction of sp³-hybridized carbons (Fsp3) is 0.429. The first-order valence-corrected chi connectivity index (χ1v) is 7.23. The molecular formula is C14H13F3N4O4. The minimum Gasteiger partial charge on any atom is -0.473 e. The zero-order chi connectivity index (χ0) is 18.2. The zero-order valence-electron chi connectivity index (χ0n) is 13.0. The third-order valence-electron chi connectivity index (χ3n) is 3.72. The van der Waals surface area contributed by atoms with Gasteiger partial charge < -0.3 is 19.6 Å². The van der Waals surface area contributed by atoms with Crippen LogP contribution in [0, 0.1) is 10.1 Å². The highest BCUT2D eigenvalue weighted by molar-refractivity contribution is 5.24. The van der Waals surface area contributed by atoms with E-state index in [0.717, 1.165) is 18.3 Å². The second-order valence-electron chi connectivity index (χ2n) is 5.80. The van der Waals surface area contributed by atoms with Crippen molar-refractivity contribution < 1.29 is 27.6 Å². The van der Waals surface area contributed by atoms with Gasteiger partial charge in [-0.25, -0.2) is 4.98 Å². The summed E-state index contributed by atoms with van der Waals surface area (Å²) in [4.78, 5) is 17.6. The Balaban J connectivity index is 1.70. The van der Waals surface area contributed by atoms with Crippen LogP contribution in [0.2, 0.25) is 0 Å². The molecule has 1 aliphatic rings. The highest BCUT2D eigenvalue weighted by Crippen LogP contribution is 2.32. The van der Waals surface area contributed by atoms with Gasteiger partial charge in [0.05, 0.1) is 5.56 Å². The molecule has 0 saturated heterocycles. The van der Waals surface area contributed by atoms with E-state index >= 15 is 0 Å². The molecule has 2 aromatic rings. The molecule has 0 aromatic carbocycles. The average molecular weight is 358 g/mol. The lowest BCUT2D eigenvalue weighted by molar-refractivity contribution is -0.389. The molecular weight excluding hydrogens is 345 g/mol. The number of halogens is 3. The van der Waals surface area contributed by atoms with Gasteiger partial charge in [0.25, 0.3) is 0 Å². The summed E-state index contributed by atoms with van der Waals surface area (Å²) in [7, 11) is 0. The first-order valence-electron chi connectivity index (χ1n) is 7.23.